The smallest absolute Gasteiger partial charge is 0.282 e. The van der Waals surface area contributed by atoms with Gasteiger partial charge in [0, 0.05) is 29.1 Å². The Kier molecular flexibility index (Phi) is 6.03. The normalized spacial score (nSPS) is 12.3. The molecule has 1 aliphatic carbocycles. The number of hydrogen-bond donors (Lipinski definition) is 2. The fourth-order valence-corrected chi connectivity index (χ4v) is 5.52. The molecule has 1 aromatic heterocycles. The predicted octanol–water partition coefficient (Wildman–Crippen LogP) is 3.30. The van der Waals surface area contributed by atoms with Crippen molar-refractivity contribution in [3.05, 3.63) is 99.2 Å². The third-order valence-corrected chi connectivity index (χ3v) is 7.47. The Hall–Kier alpha value is -4.84. The van der Waals surface area contributed by atoms with Crippen molar-refractivity contribution in [3.8, 4) is 16.9 Å². The molecule has 0 radical (unpaired) electrons. The number of rotatable bonds is 6. The molecule has 1 aliphatic rings. The summed E-state index contributed by atoms with van der Waals surface area (Å²) in [5.41, 5.74) is 8.39. The van der Waals surface area contributed by atoms with Gasteiger partial charge in [-0.3, -0.25) is 19.7 Å². The van der Waals surface area contributed by atoms with E-state index in [2.05, 4.69) is 10.4 Å². The molecule has 0 spiro atoms. The summed E-state index contributed by atoms with van der Waals surface area (Å²) in [5.74, 6) is -1.41. The monoisotopic (exact) mass is 531 g/mol. The van der Waals surface area contributed by atoms with E-state index in [1.807, 2.05) is 0 Å². The van der Waals surface area contributed by atoms with Gasteiger partial charge in [-0.2, -0.15) is 5.10 Å². The Morgan fingerprint density at radius 2 is 1.76 bits per heavy atom. The number of para-hydroxylation sites is 2. The SMILES string of the molecule is CS(=O)(=O)c1ccccc1-n1nc(C(N)=O)c2c1-c1cc(NC(=O)c3ccccc3[N+](=O)[O-])ccc1CC2. The fourth-order valence-electron chi connectivity index (χ4n) is 4.66. The molecule has 1 heterocycles. The average Bonchev–Trinajstić information content (AvgIpc) is 3.28. The number of nitro groups is 1. The number of nitrogens with two attached hydrogens (primary N) is 1. The van der Waals surface area contributed by atoms with Crippen LogP contribution in [-0.2, 0) is 22.7 Å². The summed E-state index contributed by atoms with van der Waals surface area (Å²) >= 11 is 0. The molecule has 12 heteroatoms. The summed E-state index contributed by atoms with van der Waals surface area (Å²) in [6, 6.07) is 17.1. The van der Waals surface area contributed by atoms with E-state index in [4.69, 9.17) is 5.73 Å². The van der Waals surface area contributed by atoms with Crippen molar-refractivity contribution in [3.63, 3.8) is 0 Å². The molecule has 4 aromatic rings. The maximum Gasteiger partial charge on any atom is 0.282 e. The molecule has 0 saturated heterocycles. The first kappa shape index (κ1) is 24.8. The highest BCUT2D eigenvalue weighted by molar-refractivity contribution is 7.90. The molecule has 11 nitrogen and oxygen atoms in total. The van der Waals surface area contributed by atoms with Gasteiger partial charge in [0.15, 0.2) is 15.5 Å². The number of sulfone groups is 1. The van der Waals surface area contributed by atoms with Crippen molar-refractivity contribution in [2.24, 2.45) is 5.73 Å². The van der Waals surface area contributed by atoms with Gasteiger partial charge in [-0.05, 0) is 48.7 Å². The standard InChI is InChI=1S/C26H21N5O6S/c1-38(36,37)22-9-5-4-8-21(22)30-24-18(23(29-30)25(27)32)13-11-15-10-12-16(14-19(15)24)28-26(33)17-6-2-3-7-20(17)31(34)35/h2-10,12,14H,11,13H2,1H3,(H2,27,32)(H,28,33). The minimum Gasteiger partial charge on any atom is -0.364 e. The van der Waals surface area contributed by atoms with E-state index in [-0.39, 0.29) is 27.5 Å². The summed E-state index contributed by atoms with van der Waals surface area (Å²) < 4.78 is 26.5. The number of primary amides is 1. The van der Waals surface area contributed by atoms with Crippen LogP contribution in [-0.4, -0.2) is 41.2 Å². The Morgan fingerprint density at radius 3 is 2.47 bits per heavy atom. The number of anilines is 1. The highest BCUT2D eigenvalue weighted by Crippen LogP contribution is 2.39. The molecular formula is C26H21N5O6S. The van der Waals surface area contributed by atoms with E-state index in [0.29, 0.717) is 35.3 Å². The van der Waals surface area contributed by atoms with Crippen LogP contribution >= 0.6 is 0 Å². The number of fused-ring (bicyclic) bond motifs is 3. The van der Waals surface area contributed by atoms with Gasteiger partial charge < -0.3 is 11.1 Å². The fraction of sp³-hybridized carbons (Fsp3) is 0.115. The molecule has 0 aliphatic heterocycles. The van der Waals surface area contributed by atoms with E-state index in [9.17, 15) is 28.1 Å². The minimum absolute atomic E-state index is 0.0225. The van der Waals surface area contributed by atoms with Crippen LogP contribution in [0.2, 0.25) is 0 Å². The number of nitrogens with one attached hydrogen (secondary N) is 1. The van der Waals surface area contributed by atoms with Gasteiger partial charge in [-0.25, -0.2) is 13.1 Å². The Labute approximate surface area is 217 Å². The summed E-state index contributed by atoms with van der Waals surface area (Å²) in [6.07, 6.45) is 2.09. The highest BCUT2D eigenvalue weighted by atomic mass is 32.2. The van der Waals surface area contributed by atoms with Crippen molar-refractivity contribution in [1.29, 1.82) is 0 Å². The van der Waals surface area contributed by atoms with E-state index >= 15 is 0 Å². The number of hydrogen-bond acceptors (Lipinski definition) is 7. The zero-order valence-electron chi connectivity index (χ0n) is 20.0. The van der Waals surface area contributed by atoms with E-state index in [1.165, 1.54) is 35.0 Å². The van der Waals surface area contributed by atoms with Crippen molar-refractivity contribution >= 4 is 33.0 Å². The number of benzene rings is 3. The predicted molar refractivity (Wildman–Crippen MR) is 139 cm³/mol. The van der Waals surface area contributed by atoms with Gasteiger partial charge in [0.05, 0.1) is 21.2 Å². The minimum atomic E-state index is -3.65. The second-order valence-electron chi connectivity index (χ2n) is 8.79. The first-order chi connectivity index (χ1) is 18.1. The summed E-state index contributed by atoms with van der Waals surface area (Å²) in [7, 11) is -3.65. The van der Waals surface area contributed by atoms with Gasteiger partial charge in [-0.15, -0.1) is 0 Å². The lowest BCUT2D eigenvalue weighted by molar-refractivity contribution is -0.385. The molecule has 0 bridgehead atoms. The first-order valence-corrected chi connectivity index (χ1v) is 13.3. The van der Waals surface area contributed by atoms with Crippen LogP contribution in [0, 0.1) is 10.1 Å². The maximum atomic E-state index is 12.9. The molecule has 0 unspecified atom stereocenters. The van der Waals surface area contributed by atoms with Crippen molar-refractivity contribution < 1.29 is 22.9 Å². The topological polar surface area (TPSA) is 167 Å². The molecule has 38 heavy (non-hydrogen) atoms. The van der Waals surface area contributed by atoms with Crippen LogP contribution in [0.1, 0.15) is 32.0 Å². The second kappa shape index (κ2) is 9.23. The van der Waals surface area contributed by atoms with Crippen molar-refractivity contribution in [1.82, 2.24) is 9.78 Å². The number of aryl methyl sites for hydroxylation is 1. The third-order valence-electron chi connectivity index (χ3n) is 6.32. The molecule has 2 amide bonds. The lowest BCUT2D eigenvalue weighted by atomic mass is 9.88. The molecule has 0 fully saturated rings. The van der Waals surface area contributed by atoms with Crippen LogP contribution in [0.4, 0.5) is 11.4 Å². The number of carbonyl (C=O) groups excluding carboxylic acids is 2. The Bertz CT molecular complexity index is 1760. The highest BCUT2D eigenvalue weighted by Gasteiger charge is 2.30. The van der Waals surface area contributed by atoms with Crippen molar-refractivity contribution in [2.75, 3.05) is 11.6 Å². The molecular weight excluding hydrogens is 510 g/mol. The molecule has 3 aromatic carbocycles. The first-order valence-electron chi connectivity index (χ1n) is 11.5. The van der Waals surface area contributed by atoms with Crippen LogP contribution in [0.5, 0.6) is 0 Å². The number of aromatic nitrogens is 2. The molecule has 0 saturated carbocycles. The second-order valence-corrected chi connectivity index (χ2v) is 10.8. The van der Waals surface area contributed by atoms with Crippen LogP contribution in [0.15, 0.2) is 71.6 Å². The Morgan fingerprint density at radius 1 is 1.05 bits per heavy atom. The zero-order valence-corrected chi connectivity index (χ0v) is 20.9. The quantitative estimate of drug-likeness (QED) is 0.284. The number of nitro benzene ring substituents is 1. The molecule has 3 N–H and O–H groups in total. The zero-order chi connectivity index (χ0) is 27.2. The molecule has 0 atom stereocenters. The number of nitrogens with zero attached hydrogens (tertiary/aromatic N) is 3. The largest absolute Gasteiger partial charge is 0.364 e. The number of carbonyl (C=O) groups is 2. The van der Waals surface area contributed by atoms with Gasteiger partial charge in [0.1, 0.15) is 5.56 Å². The summed E-state index contributed by atoms with van der Waals surface area (Å²) in [5, 5.41) is 18.5. The van der Waals surface area contributed by atoms with E-state index < -0.39 is 26.6 Å². The van der Waals surface area contributed by atoms with Gasteiger partial charge in [0.25, 0.3) is 17.5 Å². The Balaban J connectivity index is 1.66. The number of amides is 2. The van der Waals surface area contributed by atoms with Gasteiger partial charge >= 0.3 is 0 Å². The molecule has 5 rings (SSSR count). The van der Waals surface area contributed by atoms with Gasteiger partial charge in [0.2, 0.25) is 0 Å². The third kappa shape index (κ3) is 4.30. The lowest BCUT2D eigenvalue weighted by Gasteiger charge is -2.20. The van der Waals surface area contributed by atoms with Crippen LogP contribution < -0.4 is 11.1 Å². The van der Waals surface area contributed by atoms with E-state index in [1.54, 1.807) is 36.4 Å². The lowest BCUT2D eigenvalue weighted by Crippen LogP contribution is -2.16. The average molecular weight is 532 g/mol. The van der Waals surface area contributed by atoms with Crippen LogP contribution in [0.3, 0.4) is 0 Å². The van der Waals surface area contributed by atoms with Crippen LogP contribution in [0.25, 0.3) is 16.9 Å². The van der Waals surface area contributed by atoms with Crippen molar-refractivity contribution in [2.45, 2.75) is 17.7 Å². The summed E-state index contributed by atoms with van der Waals surface area (Å²) in [4.78, 5) is 36.0. The maximum absolute atomic E-state index is 12.9. The summed E-state index contributed by atoms with van der Waals surface area (Å²) in [6.45, 7) is 0. The molecule has 192 valence electrons. The van der Waals surface area contributed by atoms with E-state index in [0.717, 1.165) is 11.8 Å². The van der Waals surface area contributed by atoms with Gasteiger partial charge in [-0.1, -0.05) is 30.3 Å².